The summed E-state index contributed by atoms with van der Waals surface area (Å²) in [5, 5.41) is 0. The molecule has 0 aliphatic heterocycles. The number of aromatic nitrogens is 6. The molecular weight excluding hydrogens is 364 g/mol. The van der Waals surface area contributed by atoms with Crippen molar-refractivity contribution < 1.29 is 0 Å². The van der Waals surface area contributed by atoms with Gasteiger partial charge in [-0.1, -0.05) is 0 Å². The first kappa shape index (κ1) is 15.2. The van der Waals surface area contributed by atoms with Gasteiger partial charge in [0.1, 0.15) is 16.6 Å². The molecule has 23 heavy (non-hydrogen) atoms. The quantitative estimate of drug-likeness (QED) is 0.482. The highest BCUT2D eigenvalue weighted by molar-refractivity contribution is 9.10. The summed E-state index contributed by atoms with van der Waals surface area (Å²) < 4.78 is 4.20. The second-order valence-corrected chi connectivity index (χ2v) is 5.77. The van der Waals surface area contributed by atoms with E-state index in [1.54, 1.807) is 54.3 Å². The molecule has 0 saturated carbocycles. The standard InChI is InChI=1S/C7H6BrN3O.C7H7N3O/c1-11-3-10-5-4(8)2-9-7(12)6(5)11;1-10-4-9-5-2-3-8-7(11)6(5)10/h2-3H,1H3,(H,9,12);2-4H,1H3,(H,8,11). The number of hydrogen-bond donors (Lipinski definition) is 2. The van der Waals surface area contributed by atoms with Crippen molar-refractivity contribution in [2.75, 3.05) is 0 Å². The van der Waals surface area contributed by atoms with Crippen LogP contribution in [0.25, 0.3) is 22.1 Å². The molecule has 0 saturated heterocycles. The van der Waals surface area contributed by atoms with Crippen LogP contribution >= 0.6 is 15.9 Å². The van der Waals surface area contributed by atoms with Gasteiger partial charge in [-0.25, -0.2) is 9.97 Å². The van der Waals surface area contributed by atoms with Gasteiger partial charge >= 0.3 is 0 Å². The zero-order valence-electron chi connectivity index (χ0n) is 12.4. The molecule has 0 aliphatic carbocycles. The molecule has 0 atom stereocenters. The first-order chi connectivity index (χ1) is 11.0. The average molecular weight is 377 g/mol. The molecule has 4 rings (SSSR count). The van der Waals surface area contributed by atoms with Crippen LogP contribution in [0.1, 0.15) is 0 Å². The van der Waals surface area contributed by atoms with Crippen molar-refractivity contribution in [3.05, 3.63) is 56.3 Å². The third-order valence-electron chi connectivity index (χ3n) is 3.34. The highest BCUT2D eigenvalue weighted by Gasteiger charge is 2.06. The maximum atomic E-state index is 11.3. The molecule has 0 bridgehead atoms. The Morgan fingerprint density at radius 3 is 2.35 bits per heavy atom. The van der Waals surface area contributed by atoms with Crippen molar-refractivity contribution in [3.63, 3.8) is 0 Å². The number of halogens is 1. The van der Waals surface area contributed by atoms with E-state index in [0.29, 0.717) is 16.6 Å². The Hall–Kier alpha value is -2.68. The van der Waals surface area contributed by atoms with E-state index in [1.807, 2.05) is 0 Å². The number of fused-ring (bicyclic) bond motifs is 2. The lowest BCUT2D eigenvalue weighted by Gasteiger charge is -1.93. The van der Waals surface area contributed by atoms with Crippen LogP contribution in [0, 0.1) is 0 Å². The van der Waals surface area contributed by atoms with Gasteiger partial charge in [0.25, 0.3) is 11.1 Å². The summed E-state index contributed by atoms with van der Waals surface area (Å²) in [6, 6.07) is 1.77. The Kier molecular flexibility index (Phi) is 3.87. The first-order valence-electron chi connectivity index (χ1n) is 6.66. The molecule has 0 fully saturated rings. The first-order valence-corrected chi connectivity index (χ1v) is 7.45. The lowest BCUT2D eigenvalue weighted by molar-refractivity contribution is 0.939. The van der Waals surface area contributed by atoms with Crippen molar-refractivity contribution in [1.82, 2.24) is 29.1 Å². The lowest BCUT2D eigenvalue weighted by atomic mass is 10.4. The molecule has 0 aromatic carbocycles. The number of rotatable bonds is 0. The van der Waals surface area contributed by atoms with E-state index in [4.69, 9.17) is 0 Å². The van der Waals surface area contributed by atoms with Gasteiger partial charge in [-0.2, -0.15) is 0 Å². The Morgan fingerprint density at radius 1 is 1.00 bits per heavy atom. The smallest absolute Gasteiger partial charge is 0.274 e. The third kappa shape index (κ3) is 2.70. The van der Waals surface area contributed by atoms with Crippen molar-refractivity contribution in [2.45, 2.75) is 0 Å². The van der Waals surface area contributed by atoms with E-state index in [2.05, 4.69) is 35.9 Å². The van der Waals surface area contributed by atoms with Gasteiger partial charge < -0.3 is 19.1 Å². The minimum Gasteiger partial charge on any atom is -0.329 e. The van der Waals surface area contributed by atoms with Gasteiger partial charge in [0.2, 0.25) is 0 Å². The topological polar surface area (TPSA) is 101 Å². The van der Waals surface area contributed by atoms with Gasteiger partial charge in [-0.05, 0) is 22.0 Å². The van der Waals surface area contributed by atoms with E-state index in [0.717, 1.165) is 9.99 Å². The summed E-state index contributed by atoms with van der Waals surface area (Å²) in [7, 11) is 3.58. The molecule has 0 unspecified atom stereocenters. The number of H-pyrrole nitrogens is 2. The number of aryl methyl sites for hydroxylation is 2. The van der Waals surface area contributed by atoms with Crippen LogP contribution in [0.2, 0.25) is 0 Å². The summed E-state index contributed by atoms with van der Waals surface area (Å²) in [5.74, 6) is 0. The minimum atomic E-state index is -0.117. The van der Waals surface area contributed by atoms with Crippen molar-refractivity contribution in [2.24, 2.45) is 14.1 Å². The summed E-state index contributed by atoms with van der Waals surface area (Å²) in [4.78, 5) is 35.7. The second-order valence-electron chi connectivity index (χ2n) is 4.91. The Bertz CT molecular complexity index is 1100. The fraction of sp³-hybridized carbons (Fsp3) is 0.143. The molecule has 4 heterocycles. The zero-order chi connectivity index (χ0) is 16.6. The number of imidazole rings is 2. The predicted octanol–water partition coefficient (Wildman–Crippen LogP) is 1.29. The highest BCUT2D eigenvalue weighted by Crippen LogP contribution is 2.17. The van der Waals surface area contributed by atoms with Crippen LogP contribution in [0.3, 0.4) is 0 Å². The van der Waals surface area contributed by atoms with Gasteiger partial charge in [0, 0.05) is 26.5 Å². The normalized spacial score (nSPS) is 10.7. The molecule has 4 aromatic heterocycles. The van der Waals surface area contributed by atoms with Crippen molar-refractivity contribution in [1.29, 1.82) is 0 Å². The molecule has 0 radical (unpaired) electrons. The summed E-state index contributed by atoms with van der Waals surface area (Å²) in [6.45, 7) is 0. The number of pyridine rings is 2. The molecule has 118 valence electrons. The third-order valence-corrected chi connectivity index (χ3v) is 3.95. The SMILES string of the molecule is Cn1cnc2c(Br)c[nH]c(=O)c21.Cn1cnc2cc[nH]c(=O)c21. The van der Waals surface area contributed by atoms with E-state index >= 15 is 0 Å². The van der Waals surface area contributed by atoms with Crippen LogP contribution in [0.15, 0.2) is 45.2 Å². The monoisotopic (exact) mass is 376 g/mol. The van der Waals surface area contributed by atoms with Gasteiger partial charge in [0.15, 0.2) is 0 Å². The molecule has 2 N–H and O–H groups in total. The lowest BCUT2D eigenvalue weighted by Crippen LogP contribution is -2.08. The van der Waals surface area contributed by atoms with E-state index in [9.17, 15) is 9.59 Å². The molecule has 4 aromatic rings. The zero-order valence-corrected chi connectivity index (χ0v) is 14.0. The van der Waals surface area contributed by atoms with Gasteiger partial charge in [-0.3, -0.25) is 9.59 Å². The summed E-state index contributed by atoms with van der Waals surface area (Å²) >= 11 is 3.30. The molecular formula is C14H13BrN6O2. The maximum absolute atomic E-state index is 11.3. The Morgan fingerprint density at radius 2 is 1.65 bits per heavy atom. The van der Waals surface area contributed by atoms with Crippen LogP contribution in [0.5, 0.6) is 0 Å². The van der Waals surface area contributed by atoms with Gasteiger partial charge in [0.05, 0.1) is 22.6 Å². The number of hydrogen-bond acceptors (Lipinski definition) is 4. The number of nitrogens with one attached hydrogen (secondary N) is 2. The van der Waals surface area contributed by atoms with Crippen molar-refractivity contribution >= 4 is 38.0 Å². The molecule has 0 amide bonds. The van der Waals surface area contributed by atoms with E-state index in [1.165, 1.54) is 0 Å². The summed E-state index contributed by atoms with van der Waals surface area (Å²) in [5.41, 5.74) is 2.42. The fourth-order valence-corrected chi connectivity index (χ4v) is 2.65. The predicted molar refractivity (Wildman–Crippen MR) is 90.4 cm³/mol. The second kappa shape index (κ2) is 5.84. The highest BCUT2D eigenvalue weighted by atomic mass is 79.9. The van der Waals surface area contributed by atoms with Crippen LogP contribution in [-0.2, 0) is 14.1 Å². The van der Waals surface area contributed by atoms with E-state index in [-0.39, 0.29) is 11.1 Å². The molecule has 8 nitrogen and oxygen atoms in total. The molecule has 0 aliphatic rings. The van der Waals surface area contributed by atoms with Crippen LogP contribution in [0.4, 0.5) is 0 Å². The van der Waals surface area contributed by atoms with E-state index < -0.39 is 0 Å². The van der Waals surface area contributed by atoms with Crippen LogP contribution in [-0.4, -0.2) is 29.1 Å². The largest absolute Gasteiger partial charge is 0.329 e. The molecule has 9 heteroatoms. The van der Waals surface area contributed by atoms with Crippen LogP contribution < -0.4 is 11.1 Å². The number of aromatic amines is 2. The fourth-order valence-electron chi connectivity index (χ4n) is 2.25. The average Bonchev–Trinajstić information content (AvgIpc) is 3.09. The molecule has 0 spiro atoms. The Balaban J connectivity index is 0.000000136. The van der Waals surface area contributed by atoms with Crippen molar-refractivity contribution in [3.8, 4) is 0 Å². The van der Waals surface area contributed by atoms with Gasteiger partial charge in [-0.15, -0.1) is 0 Å². The maximum Gasteiger partial charge on any atom is 0.274 e. The summed E-state index contributed by atoms with van der Waals surface area (Å²) in [6.07, 6.45) is 6.43. The Labute approximate surface area is 137 Å². The minimum absolute atomic E-state index is 0.0949. The number of nitrogens with zero attached hydrogens (tertiary/aromatic N) is 4.